The molecule has 4 rings (SSSR count). The van der Waals surface area contributed by atoms with Crippen LogP contribution in [-0.2, 0) is 10.2 Å². The fourth-order valence-electron chi connectivity index (χ4n) is 3.00. The van der Waals surface area contributed by atoms with Gasteiger partial charge < -0.3 is 25.2 Å². The lowest BCUT2D eigenvalue weighted by Gasteiger charge is -2.31. The Hall–Kier alpha value is -4.22. The fraction of sp³-hybridized carbons (Fsp3) is 0.318. The summed E-state index contributed by atoms with van der Waals surface area (Å²) in [6.07, 6.45) is 1.22. The summed E-state index contributed by atoms with van der Waals surface area (Å²) >= 11 is 0. The average molecular weight is 469 g/mol. The molecule has 178 valence electrons. The molecular formula is C22H24FN7O4. The van der Waals surface area contributed by atoms with E-state index in [1.807, 2.05) is 20.8 Å². The van der Waals surface area contributed by atoms with Crippen molar-refractivity contribution in [2.24, 2.45) is 0 Å². The number of benzene rings is 1. The van der Waals surface area contributed by atoms with E-state index in [0.717, 1.165) is 6.07 Å². The molecule has 34 heavy (non-hydrogen) atoms. The highest BCUT2D eigenvalue weighted by molar-refractivity contribution is 6.00. The zero-order valence-electron chi connectivity index (χ0n) is 19.2. The third-order valence-corrected chi connectivity index (χ3v) is 4.91. The number of nitrogens with zero attached hydrogens (tertiary/aromatic N) is 3. The van der Waals surface area contributed by atoms with Crippen molar-refractivity contribution in [2.75, 3.05) is 21.3 Å². The van der Waals surface area contributed by atoms with Crippen LogP contribution in [0.3, 0.4) is 0 Å². The second-order valence-corrected chi connectivity index (χ2v) is 9.19. The van der Waals surface area contributed by atoms with Gasteiger partial charge in [0.15, 0.2) is 23.1 Å². The lowest BCUT2D eigenvalue weighted by molar-refractivity contribution is -0.129. The van der Waals surface area contributed by atoms with Crippen LogP contribution in [0.4, 0.5) is 38.0 Å². The quantitative estimate of drug-likeness (QED) is 0.440. The van der Waals surface area contributed by atoms with Crippen molar-refractivity contribution in [2.45, 2.75) is 45.6 Å². The Morgan fingerprint density at radius 3 is 2.59 bits per heavy atom. The predicted octanol–water partition coefficient (Wildman–Crippen LogP) is 4.40. The number of urea groups is 1. The maximum absolute atomic E-state index is 14.8. The Kier molecular flexibility index (Phi) is 5.59. The molecule has 11 nitrogen and oxygen atoms in total. The summed E-state index contributed by atoms with van der Waals surface area (Å²) in [4.78, 5) is 32.4. The van der Waals surface area contributed by atoms with Gasteiger partial charge in [-0.15, -0.1) is 0 Å². The molecule has 0 bridgehead atoms. The summed E-state index contributed by atoms with van der Waals surface area (Å²) < 4.78 is 25.7. The molecule has 3 amide bonds. The van der Waals surface area contributed by atoms with E-state index >= 15 is 0 Å². The van der Waals surface area contributed by atoms with Crippen molar-refractivity contribution >= 4 is 40.8 Å². The number of carbonyl (C=O) groups is 2. The Morgan fingerprint density at radius 2 is 1.91 bits per heavy atom. The average Bonchev–Trinajstić information content (AvgIpc) is 3.20. The largest absolute Gasteiger partial charge is 0.470 e. The first-order valence-electron chi connectivity index (χ1n) is 10.4. The summed E-state index contributed by atoms with van der Waals surface area (Å²) in [5.41, 5.74) is -1.11. The molecule has 0 radical (unpaired) electrons. The van der Waals surface area contributed by atoms with E-state index in [9.17, 15) is 14.0 Å². The van der Waals surface area contributed by atoms with Gasteiger partial charge in [0.2, 0.25) is 5.75 Å². The monoisotopic (exact) mass is 469 g/mol. The number of rotatable bonds is 4. The third kappa shape index (κ3) is 4.75. The molecule has 0 saturated carbocycles. The molecule has 2 aromatic heterocycles. The minimum absolute atomic E-state index is 0.0801. The zero-order chi connectivity index (χ0) is 24.7. The van der Waals surface area contributed by atoms with Crippen LogP contribution in [0.1, 0.15) is 40.4 Å². The maximum atomic E-state index is 14.8. The first kappa shape index (κ1) is 23.0. The van der Waals surface area contributed by atoms with Crippen LogP contribution in [0.25, 0.3) is 0 Å². The molecule has 0 atom stereocenters. The summed E-state index contributed by atoms with van der Waals surface area (Å²) in [5.74, 6) is 0.393. The van der Waals surface area contributed by atoms with Gasteiger partial charge in [-0.1, -0.05) is 25.9 Å². The summed E-state index contributed by atoms with van der Waals surface area (Å²) in [7, 11) is 0. The normalized spacial score (nSPS) is 14.5. The summed E-state index contributed by atoms with van der Waals surface area (Å²) in [6, 6.07) is 5.10. The van der Waals surface area contributed by atoms with Gasteiger partial charge in [0.05, 0.1) is 5.69 Å². The molecule has 0 fully saturated rings. The highest BCUT2D eigenvalue weighted by Gasteiger charge is 2.37. The number of aromatic nitrogens is 3. The van der Waals surface area contributed by atoms with Crippen molar-refractivity contribution in [3.63, 3.8) is 0 Å². The van der Waals surface area contributed by atoms with E-state index in [1.54, 1.807) is 19.9 Å². The number of hydrogen-bond acceptors (Lipinski definition) is 8. The Morgan fingerprint density at radius 1 is 1.15 bits per heavy atom. The van der Waals surface area contributed by atoms with Gasteiger partial charge in [-0.2, -0.15) is 0 Å². The molecule has 0 unspecified atom stereocenters. The molecule has 12 heteroatoms. The van der Waals surface area contributed by atoms with Crippen molar-refractivity contribution in [1.82, 2.24) is 15.1 Å². The number of hydrogen-bond donors (Lipinski definition) is 4. The van der Waals surface area contributed by atoms with Crippen LogP contribution >= 0.6 is 0 Å². The highest BCUT2D eigenvalue weighted by atomic mass is 19.1. The first-order valence-corrected chi connectivity index (χ1v) is 10.4. The topological polar surface area (TPSA) is 143 Å². The minimum Gasteiger partial charge on any atom is -0.470 e. The first-order chi connectivity index (χ1) is 15.9. The molecule has 0 aliphatic carbocycles. The SMILES string of the molecule is CC1(C)Oc2c(ncnc2Nc2ccc(NC(=O)Nc3cc(C(C)(C)C)on3)cc2F)NC1=O. The Labute approximate surface area is 194 Å². The predicted molar refractivity (Wildman–Crippen MR) is 123 cm³/mol. The number of fused-ring (bicyclic) bond motifs is 1. The molecule has 1 aliphatic rings. The Balaban J connectivity index is 1.45. The zero-order valence-corrected chi connectivity index (χ0v) is 19.2. The van der Waals surface area contributed by atoms with Gasteiger partial charge >= 0.3 is 6.03 Å². The van der Waals surface area contributed by atoms with Crippen LogP contribution in [-0.4, -0.2) is 32.7 Å². The van der Waals surface area contributed by atoms with E-state index in [0.29, 0.717) is 5.76 Å². The Bertz CT molecular complexity index is 1270. The van der Waals surface area contributed by atoms with Crippen LogP contribution in [0.2, 0.25) is 0 Å². The lowest BCUT2D eigenvalue weighted by atomic mass is 9.93. The van der Waals surface area contributed by atoms with E-state index in [1.165, 1.54) is 18.5 Å². The lowest BCUT2D eigenvalue weighted by Crippen LogP contribution is -2.46. The summed E-state index contributed by atoms with van der Waals surface area (Å²) in [5, 5.41) is 14.4. The maximum Gasteiger partial charge on any atom is 0.324 e. The molecule has 3 aromatic rings. The molecule has 1 aromatic carbocycles. The van der Waals surface area contributed by atoms with Gasteiger partial charge in [-0.3, -0.25) is 10.1 Å². The second-order valence-electron chi connectivity index (χ2n) is 9.19. The van der Waals surface area contributed by atoms with Gasteiger partial charge in [-0.05, 0) is 32.0 Å². The highest BCUT2D eigenvalue weighted by Crippen LogP contribution is 2.38. The number of nitrogens with one attached hydrogen (secondary N) is 4. The molecule has 0 spiro atoms. The number of carbonyl (C=O) groups excluding carboxylic acids is 2. The second kappa shape index (κ2) is 8.28. The third-order valence-electron chi connectivity index (χ3n) is 4.91. The van der Waals surface area contributed by atoms with Crippen LogP contribution < -0.4 is 26.0 Å². The number of anilines is 5. The fourth-order valence-corrected chi connectivity index (χ4v) is 3.00. The van der Waals surface area contributed by atoms with Gasteiger partial charge in [0.25, 0.3) is 5.91 Å². The van der Waals surface area contributed by atoms with E-state index in [-0.39, 0.29) is 45.9 Å². The summed E-state index contributed by atoms with van der Waals surface area (Å²) in [6.45, 7) is 9.05. The number of ether oxygens (including phenoxy) is 1. The van der Waals surface area contributed by atoms with E-state index in [4.69, 9.17) is 9.26 Å². The van der Waals surface area contributed by atoms with Crippen molar-refractivity contribution in [3.8, 4) is 5.75 Å². The van der Waals surface area contributed by atoms with Crippen molar-refractivity contribution in [1.29, 1.82) is 0 Å². The van der Waals surface area contributed by atoms with Crippen molar-refractivity contribution < 1.29 is 23.2 Å². The van der Waals surface area contributed by atoms with E-state index < -0.39 is 17.4 Å². The molecular weight excluding hydrogens is 445 g/mol. The van der Waals surface area contributed by atoms with Gasteiger partial charge in [0.1, 0.15) is 17.9 Å². The van der Waals surface area contributed by atoms with Crippen LogP contribution in [0.15, 0.2) is 35.1 Å². The van der Waals surface area contributed by atoms with Crippen LogP contribution in [0, 0.1) is 5.82 Å². The van der Waals surface area contributed by atoms with Crippen LogP contribution in [0.5, 0.6) is 5.75 Å². The standard InChI is InChI=1S/C22H24FN7O4/c1-21(2,3)14-9-15(30-34-14)28-20(32)26-11-6-7-13(12(23)8-11)27-17-16-18(25-10-24-17)29-19(31)22(4,5)33-16/h6-10H,1-5H3,(H2,26,28,30,32)(H2,24,25,27,29,31). The minimum atomic E-state index is -1.15. The number of halogens is 1. The molecule has 0 saturated heterocycles. The van der Waals surface area contributed by atoms with Crippen molar-refractivity contribution in [3.05, 3.63) is 42.2 Å². The molecule has 3 heterocycles. The van der Waals surface area contributed by atoms with E-state index in [2.05, 4.69) is 36.4 Å². The van der Waals surface area contributed by atoms with Gasteiger partial charge in [0, 0.05) is 17.2 Å². The number of amides is 3. The molecule has 1 aliphatic heterocycles. The molecule has 4 N–H and O–H groups in total. The van der Waals surface area contributed by atoms with Gasteiger partial charge in [-0.25, -0.2) is 19.2 Å². The smallest absolute Gasteiger partial charge is 0.324 e.